The second-order valence-corrected chi connectivity index (χ2v) is 3.81. The van der Waals surface area contributed by atoms with Crippen LogP contribution in [0.2, 0.25) is 0 Å². The lowest BCUT2D eigenvalue weighted by atomic mass is 10.3. The van der Waals surface area contributed by atoms with E-state index >= 15 is 0 Å². The smallest absolute Gasteiger partial charge is 0.132 e. The largest absolute Gasteiger partial charge is 0.379 e. The average Bonchev–Trinajstić information content (AvgIpc) is 2.19. The van der Waals surface area contributed by atoms with E-state index in [1.54, 1.807) is 0 Å². The molecule has 5 heteroatoms. The molecule has 2 N–H and O–H groups in total. The Balaban J connectivity index is 3.27. The first-order valence-electron chi connectivity index (χ1n) is 5.42. The predicted octanol–water partition coefficient (Wildman–Crippen LogP) is 0.305. The molecule has 0 aliphatic carbocycles. The second-order valence-electron chi connectivity index (χ2n) is 3.81. The van der Waals surface area contributed by atoms with E-state index in [1.165, 1.54) is 13.8 Å². The molecule has 0 aliphatic heterocycles. The lowest BCUT2D eigenvalue weighted by Crippen LogP contribution is -2.32. The number of hydrogen-bond acceptors (Lipinski definition) is 5. The number of nitrogens with two attached hydrogens (primary N) is 1. The summed E-state index contributed by atoms with van der Waals surface area (Å²) in [6.45, 7) is 4.58. The van der Waals surface area contributed by atoms with Crippen LogP contribution in [0.3, 0.4) is 0 Å². The number of hydrogen-bond donors (Lipinski definition) is 1. The molecule has 0 heterocycles. The molecule has 0 radical (unpaired) electrons. The summed E-state index contributed by atoms with van der Waals surface area (Å²) in [5, 5.41) is 0. The molecule has 0 aliphatic rings. The average molecular weight is 231 g/mol. The number of ketones is 2. The number of rotatable bonds is 10. The fourth-order valence-electron chi connectivity index (χ4n) is 0.949. The van der Waals surface area contributed by atoms with E-state index in [2.05, 4.69) is 0 Å². The third kappa shape index (κ3) is 11.3. The first kappa shape index (κ1) is 15.2. The van der Waals surface area contributed by atoms with Crippen molar-refractivity contribution in [3.8, 4) is 0 Å². The van der Waals surface area contributed by atoms with Gasteiger partial charge in [-0.05, 0) is 13.8 Å². The highest BCUT2D eigenvalue weighted by Gasteiger charge is 2.03. The summed E-state index contributed by atoms with van der Waals surface area (Å²) in [4.78, 5) is 21.2. The SMILES string of the molecule is CC(=O)CCOCC(N)COCCC(C)=O. The number of carbonyl (C=O) groups is 2. The van der Waals surface area contributed by atoms with E-state index in [-0.39, 0.29) is 17.6 Å². The highest BCUT2D eigenvalue weighted by atomic mass is 16.5. The molecule has 0 rings (SSSR count). The zero-order chi connectivity index (χ0) is 12.4. The summed E-state index contributed by atoms with van der Waals surface area (Å²) in [5.74, 6) is 0.206. The fourth-order valence-corrected chi connectivity index (χ4v) is 0.949. The van der Waals surface area contributed by atoms with E-state index in [1.807, 2.05) is 0 Å². The third-order valence-electron chi connectivity index (χ3n) is 1.86. The maximum Gasteiger partial charge on any atom is 0.132 e. The van der Waals surface area contributed by atoms with Crippen LogP contribution in [0.25, 0.3) is 0 Å². The van der Waals surface area contributed by atoms with Crippen molar-refractivity contribution in [1.82, 2.24) is 0 Å². The van der Waals surface area contributed by atoms with Gasteiger partial charge in [0.15, 0.2) is 0 Å². The predicted molar refractivity (Wildman–Crippen MR) is 60.2 cm³/mol. The van der Waals surface area contributed by atoms with Crippen molar-refractivity contribution in [2.45, 2.75) is 32.7 Å². The summed E-state index contributed by atoms with van der Waals surface area (Å²) in [7, 11) is 0. The molecule has 0 amide bonds. The van der Waals surface area contributed by atoms with Gasteiger partial charge in [0.2, 0.25) is 0 Å². The second kappa shape index (κ2) is 9.45. The van der Waals surface area contributed by atoms with E-state index < -0.39 is 0 Å². The monoisotopic (exact) mass is 231 g/mol. The van der Waals surface area contributed by atoms with Gasteiger partial charge in [0, 0.05) is 12.8 Å². The minimum atomic E-state index is -0.209. The van der Waals surface area contributed by atoms with Crippen LogP contribution >= 0.6 is 0 Å². The molecule has 0 fully saturated rings. The zero-order valence-corrected chi connectivity index (χ0v) is 10.0. The molecular formula is C11H21NO4. The van der Waals surface area contributed by atoms with Gasteiger partial charge in [-0.25, -0.2) is 0 Å². The molecule has 0 aromatic heterocycles. The van der Waals surface area contributed by atoms with Crippen molar-refractivity contribution in [2.24, 2.45) is 5.73 Å². The summed E-state index contributed by atoms with van der Waals surface area (Å²) < 4.78 is 10.4. The van der Waals surface area contributed by atoms with Gasteiger partial charge in [0.1, 0.15) is 11.6 Å². The summed E-state index contributed by atoms with van der Waals surface area (Å²) >= 11 is 0. The van der Waals surface area contributed by atoms with Crippen LogP contribution in [0.1, 0.15) is 26.7 Å². The summed E-state index contributed by atoms with van der Waals surface area (Å²) in [6, 6.07) is -0.209. The molecule has 5 nitrogen and oxygen atoms in total. The van der Waals surface area contributed by atoms with Gasteiger partial charge < -0.3 is 15.2 Å². The lowest BCUT2D eigenvalue weighted by Gasteiger charge is -2.11. The van der Waals surface area contributed by atoms with Crippen LogP contribution in [0.15, 0.2) is 0 Å². The van der Waals surface area contributed by atoms with Gasteiger partial charge in [-0.2, -0.15) is 0 Å². The van der Waals surface area contributed by atoms with Gasteiger partial charge in [-0.15, -0.1) is 0 Å². The maximum atomic E-state index is 10.6. The van der Waals surface area contributed by atoms with Crippen LogP contribution in [0.4, 0.5) is 0 Å². The Labute approximate surface area is 96.3 Å². The fraction of sp³-hybridized carbons (Fsp3) is 0.818. The highest BCUT2D eigenvalue weighted by Crippen LogP contribution is 1.90. The van der Waals surface area contributed by atoms with Crippen LogP contribution in [-0.2, 0) is 19.1 Å². The summed E-state index contributed by atoms with van der Waals surface area (Å²) in [6.07, 6.45) is 0.829. The molecule has 0 unspecified atom stereocenters. The van der Waals surface area contributed by atoms with Crippen LogP contribution in [0, 0.1) is 0 Å². The van der Waals surface area contributed by atoms with Gasteiger partial charge in [-0.1, -0.05) is 0 Å². The molecule has 0 spiro atoms. The maximum absolute atomic E-state index is 10.6. The van der Waals surface area contributed by atoms with Crippen molar-refractivity contribution in [3.05, 3.63) is 0 Å². The first-order valence-corrected chi connectivity index (χ1v) is 5.42. The van der Waals surface area contributed by atoms with E-state index in [0.29, 0.717) is 39.3 Å². The topological polar surface area (TPSA) is 78.6 Å². The Morgan fingerprint density at radius 1 is 1.00 bits per heavy atom. The highest BCUT2D eigenvalue weighted by molar-refractivity contribution is 5.75. The van der Waals surface area contributed by atoms with Gasteiger partial charge >= 0.3 is 0 Å². The number of ether oxygens (including phenoxy) is 2. The van der Waals surface area contributed by atoms with Crippen LogP contribution in [0.5, 0.6) is 0 Å². The molecule has 0 saturated heterocycles. The van der Waals surface area contributed by atoms with E-state index in [9.17, 15) is 9.59 Å². The van der Waals surface area contributed by atoms with Crippen molar-refractivity contribution >= 4 is 11.6 Å². The van der Waals surface area contributed by atoms with Crippen molar-refractivity contribution < 1.29 is 19.1 Å². The quantitative estimate of drug-likeness (QED) is 0.547. The van der Waals surface area contributed by atoms with Gasteiger partial charge in [0.25, 0.3) is 0 Å². The first-order chi connectivity index (χ1) is 7.52. The molecule has 0 saturated carbocycles. The molecule has 0 aromatic carbocycles. The Morgan fingerprint density at radius 3 is 1.69 bits per heavy atom. The molecule has 0 atom stereocenters. The minimum Gasteiger partial charge on any atom is -0.379 e. The van der Waals surface area contributed by atoms with E-state index in [4.69, 9.17) is 15.2 Å². The van der Waals surface area contributed by atoms with Crippen molar-refractivity contribution in [1.29, 1.82) is 0 Å². The molecule has 16 heavy (non-hydrogen) atoms. The molecule has 94 valence electrons. The Kier molecular flexibility index (Phi) is 8.99. The molecule has 0 bridgehead atoms. The molecular weight excluding hydrogens is 210 g/mol. The Hall–Kier alpha value is -0.780. The van der Waals surface area contributed by atoms with E-state index in [0.717, 1.165) is 0 Å². The minimum absolute atomic E-state index is 0.103. The Morgan fingerprint density at radius 2 is 1.38 bits per heavy atom. The molecule has 0 aromatic rings. The zero-order valence-electron chi connectivity index (χ0n) is 10.0. The number of carbonyl (C=O) groups excluding carboxylic acids is 2. The summed E-state index contributed by atoms with van der Waals surface area (Å²) in [5.41, 5.74) is 5.69. The lowest BCUT2D eigenvalue weighted by molar-refractivity contribution is -0.118. The Bertz CT molecular complexity index is 196. The van der Waals surface area contributed by atoms with Crippen molar-refractivity contribution in [3.63, 3.8) is 0 Å². The van der Waals surface area contributed by atoms with Gasteiger partial charge in [0.05, 0.1) is 32.5 Å². The normalized spacial score (nSPS) is 10.8. The standard InChI is InChI=1S/C11H21NO4/c1-9(13)3-5-15-7-11(12)8-16-6-4-10(2)14/h11H,3-8,12H2,1-2H3. The van der Waals surface area contributed by atoms with Crippen LogP contribution in [-0.4, -0.2) is 44.0 Å². The van der Waals surface area contributed by atoms with Crippen LogP contribution < -0.4 is 5.73 Å². The van der Waals surface area contributed by atoms with Gasteiger partial charge in [-0.3, -0.25) is 9.59 Å². The third-order valence-corrected chi connectivity index (χ3v) is 1.86. The number of Topliss-reactive ketones (excluding diaryl/α,β-unsaturated/α-hetero) is 2. The van der Waals surface area contributed by atoms with Crippen molar-refractivity contribution in [2.75, 3.05) is 26.4 Å².